The SMILES string of the molecule is CC1=CCC(C)(c2cccc(-c3ccccc3)c2)C=C1. The Morgan fingerprint density at radius 2 is 1.65 bits per heavy atom. The van der Waals surface area contributed by atoms with Gasteiger partial charge in [-0.3, -0.25) is 0 Å². The van der Waals surface area contributed by atoms with Crippen molar-refractivity contribution in [3.8, 4) is 11.1 Å². The van der Waals surface area contributed by atoms with Crippen LogP contribution < -0.4 is 0 Å². The fourth-order valence-electron chi connectivity index (χ4n) is 2.72. The lowest BCUT2D eigenvalue weighted by atomic mass is 9.75. The van der Waals surface area contributed by atoms with Gasteiger partial charge in [0, 0.05) is 5.41 Å². The number of allylic oxidation sites excluding steroid dienone is 4. The fourth-order valence-corrected chi connectivity index (χ4v) is 2.72. The molecule has 1 aliphatic rings. The summed E-state index contributed by atoms with van der Waals surface area (Å²) in [4.78, 5) is 0. The van der Waals surface area contributed by atoms with Crippen LogP contribution in [0.3, 0.4) is 0 Å². The summed E-state index contributed by atoms with van der Waals surface area (Å²) < 4.78 is 0. The van der Waals surface area contributed by atoms with Crippen molar-refractivity contribution in [1.82, 2.24) is 0 Å². The van der Waals surface area contributed by atoms with Gasteiger partial charge in [0.2, 0.25) is 0 Å². The molecule has 0 amide bonds. The topological polar surface area (TPSA) is 0 Å². The highest BCUT2D eigenvalue weighted by Crippen LogP contribution is 2.35. The smallest absolute Gasteiger partial charge is 0.0142 e. The van der Waals surface area contributed by atoms with Crippen molar-refractivity contribution in [1.29, 1.82) is 0 Å². The second-order valence-corrected chi connectivity index (χ2v) is 5.85. The van der Waals surface area contributed by atoms with Gasteiger partial charge in [-0.05, 0) is 30.0 Å². The first-order valence-corrected chi connectivity index (χ1v) is 7.19. The third-order valence-electron chi connectivity index (χ3n) is 4.19. The van der Waals surface area contributed by atoms with E-state index in [-0.39, 0.29) is 5.41 Å². The van der Waals surface area contributed by atoms with Crippen LogP contribution in [0.4, 0.5) is 0 Å². The van der Waals surface area contributed by atoms with E-state index < -0.39 is 0 Å². The minimum atomic E-state index is 0.115. The van der Waals surface area contributed by atoms with E-state index in [1.165, 1.54) is 22.3 Å². The third kappa shape index (κ3) is 2.46. The molecule has 2 aromatic rings. The summed E-state index contributed by atoms with van der Waals surface area (Å²) in [5.74, 6) is 0. The molecule has 0 bridgehead atoms. The third-order valence-corrected chi connectivity index (χ3v) is 4.19. The van der Waals surface area contributed by atoms with Gasteiger partial charge < -0.3 is 0 Å². The molecule has 1 unspecified atom stereocenters. The maximum Gasteiger partial charge on any atom is 0.0142 e. The highest BCUT2D eigenvalue weighted by atomic mass is 14.3. The van der Waals surface area contributed by atoms with E-state index in [0.29, 0.717) is 0 Å². The lowest BCUT2D eigenvalue weighted by molar-refractivity contribution is 0.596. The zero-order chi connectivity index (χ0) is 14.0. The van der Waals surface area contributed by atoms with E-state index in [4.69, 9.17) is 0 Å². The van der Waals surface area contributed by atoms with Crippen molar-refractivity contribution in [2.75, 3.05) is 0 Å². The molecule has 100 valence electrons. The molecule has 0 aliphatic heterocycles. The lowest BCUT2D eigenvalue weighted by Crippen LogP contribution is -2.20. The first-order valence-electron chi connectivity index (χ1n) is 7.19. The average molecular weight is 260 g/mol. The summed E-state index contributed by atoms with van der Waals surface area (Å²) in [5, 5.41) is 0. The lowest BCUT2D eigenvalue weighted by Gasteiger charge is -2.28. The van der Waals surface area contributed by atoms with Crippen molar-refractivity contribution in [2.45, 2.75) is 25.7 Å². The van der Waals surface area contributed by atoms with Crippen molar-refractivity contribution in [3.05, 3.63) is 84.0 Å². The van der Waals surface area contributed by atoms with Crippen molar-refractivity contribution < 1.29 is 0 Å². The Morgan fingerprint density at radius 1 is 0.900 bits per heavy atom. The molecular weight excluding hydrogens is 240 g/mol. The number of hydrogen-bond acceptors (Lipinski definition) is 0. The molecule has 2 aromatic carbocycles. The quantitative estimate of drug-likeness (QED) is 0.667. The van der Waals surface area contributed by atoms with Crippen LogP contribution in [0.2, 0.25) is 0 Å². The molecule has 20 heavy (non-hydrogen) atoms. The first kappa shape index (κ1) is 12.9. The molecule has 0 radical (unpaired) electrons. The van der Waals surface area contributed by atoms with Crippen molar-refractivity contribution >= 4 is 0 Å². The molecule has 0 nitrogen and oxygen atoms in total. The Bertz CT molecular complexity index is 661. The minimum Gasteiger partial charge on any atom is -0.0804 e. The maximum absolute atomic E-state index is 2.34. The molecular formula is C20H20. The van der Waals surface area contributed by atoms with Crippen LogP contribution in [-0.4, -0.2) is 0 Å². The van der Waals surface area contributed by atoms with E-state index in [1.807, 2.05) is 0 Å². The van der Waals surface area contributed by atoms with Crippen LogP contribution in [0.5, 0.6) is 0 Å². The van der Waals surface area contributed by atoms with Gasteiger partial charge in [0.1, 0.15) is 0 Å². The van der Waals surface area contributed by atoms with E-state index in [2.05, 4.69) is 86.7 Å². The average Bonchev–Trinajstić information content (AvgIpc) is 2.51. The molecule has 0 spiro atoms. The van der Waals surface area contributed by atoms with Gasteiger partial charge in [-0.1, -0.05) is 85.3 Å². The van der Waals surface area contributed by atoms with E-state index in [0.717, 1.165) is 6.42 Å². The summed E-state index contributed by atoms with van der Waals surface area (Å²) >= 11 is 0. The van der Waals surface area contributed by atoms with Crippen LogP contribution in [-0.2, 0) is 5.41 Å². The zero-order valence-corrected chi connectivity index (χ0v) is 12.1. The predicted molar refractivity (Wildman–Crippen MR) is 86.7 cm³/mol. The van der Waals surface area contributed by atoms with Gasteiger partial charge in [-0.15, -0.1) is 0 Å². The van der Waals surface area contributed by atoms with Crippen LogP contribution in [0.25, 0.3) is 11.1 Å². The van der Waals surface area contributed by atoms with Crippen LogP contribution in [0.1, 0.15) is 25.8 Å². The molecule has 0 aromatic heterocycles. The Labute approximate surface area is 121 Å². The molecule has 0 saturated heterocycles. The highest BCUT2D eigenvalue weighted by molar-refractivity contribution is 5.64. The zero-order valence-electron chi connectivity index (χ0n) is 12.1. The minimum absolute atomic E-state index is 0.115. The molecule has 1 atom stereocenters. The van der Waals surface area contributed by atoms with Crippen LogP contribution in [0.15, 0.2) is 78.4 Å². The van der Waals surface area contributed by atoms with Gasteiger partial charge >= 0.3 is 0 Å². The second kappa shape index (κ2) is 5.13. The Hall–Kier alpha value is -2.08. The first-order chi connectivity index (χ1) is 9.67. The van der Waals surface area contributed by atoms with Gasteiger partial charge in [-0.25, -0.2) is 0 Å². The van der Waals surface area contributed by atoms with Crippen LogP contribution in [0, 0.1) is 0 Å². The molecule has 3 rings (SSSR count). The summed E-state index contributed by atoms with van der Waals surface area (Å²) in [6, 6.07) is 19.5. The van der Waals surface area contributed by atoms with Crippen molar-refractivity contribution in [3.63, 3.8) is 0 Å². The molecule has 0 fully saturated rings. The summed E-state index contributed by atoms with van der Waals surface area (Å²) in [6.45, 7) is 4.48. The molecule has 1 aliphatic carbocycles. The van der Waals surface area contributed by atoms with Crippen LogP contribution >= 0.6 is 0 Å². The molecule has 0 saturated carbocycles. The normalized spacial score (nSPS) is 21.6. The fraction of sp³-hybridized carbons (Fsp3) is 0.200. The Kier molecular flexibility index (Phi) is 3.31. The van der Waals surface area contributed by atoms with E-state index >= 15 is 0 Å². The standard InChI is InChI=1S/C20H20/c1-16-11-13-20(2,14-12-16)19-10-6-9-18(15-19)17-7-4-3-5-8-17/h3-13,15H,14H2,1-2H3. The largest absolute Gasteiger partial charge is 0.0804 e. The summed E-state index contributed by atoms with van der Waals surface area (Å²) in [5.41, 5.74) is 5.44. The number of benzene rings is 2. The van der Waals surface area contributed by atoms with Gasteiger partial charge in [0.15, 0.2) is 0 Å². The Morgan fingerprint density at radius 3 is 2.35 bits per heavy atom. The monoisotopic (exact) mass is 260 g/mol. The predicted octanol–water partition coefficient (Wildman–Crippen LogP) is 5.52. The number of rotatable bonds is 2. The van der Waals surface area contributed by atoms with Crippen molar-refractivity contribution in [2.24, 2.45) is 0 Å². The van der Waals surface area contributed by atoms with E-state index in [9.17, 15) is 0 Å². The Balaban J connectivity index is 1.99. The summed E-state index contributed by atoms with van der Waals surface area (Å²) in [7, 11) is 0. The summed E-state index contributed by atoms with van der Waals surface area (Å²) in [6.07, 6.45) is 7.98. The highest BCUT2D eigenvalue weighted by Gasteiger charge is 2.24. The van der Waals surface area contributed by atoms with E-state index in [1.54, 1.807) is 0 Å². The molecule has 0 heteroatoms. The maximum atomic E-state index is 2.34. The van der Waals surface area contributed by atoms with Gasteiger partial charge in [0.05, 0.1) is 0 Å². The molecule has 0 N–H and O–H groups in total. The van der Waals surface area contributed by atoms with Gasteiger partial charge in [0.25, 0.3) is 0 Å². The molecule has 0 heterocycles. The van der Waals surface area contributed by atoms with Gasteiger partial charge in [-0.2, -0.15) is 0 Å². The second-order valence-electron chi connectivity index (χ2n) is 5.85. The number of hydrogen-bond donors (Lipinski definition) is 0.